The maximum atomic E-state index is 12.7. The van der Waals surface area contributed by atoms with E-state index in [9.17, 15) is 4.79 Å². The van der Waals surface area contributed by atoms with Gasteiger partial charge in [0.15, 0.2) is 10.7 Å². The van der Waals surface area contributed by atoms with Gasteiger partial charge in [0.2, 0.25) is 5.89 Å². The highest BCUT2D eigenvalue weighted by Gasteiger charge is 2.15. The molecule has 0 aliphatic heterocycles. The Kier molecular flexibility index (Phi) is 6.01. The molecule has 0 saturated carbocycles. The molecule has 0 bridgehead atoms. The summed E-state index contributed by atoms with van der Waals surface area (Å²) in [5.74, 6) is 0.596. The third-order valence-corrected chi connectivity index (χ3v) is 5.36. The molecule has 31 heavy (non-hydrogen) atoms. The number of aryl methyl sites for hydroxylation is 1. The van der Waals surface area contributed by atoms with Crippen LogP contribution in [0.5, 0.6) is 5.75 Å². The van der Waals surface area contributed by atoms with Gasteiger partial charge >= 0.3 is 0 Å². The molecule has 4 aromatic rings. The summed E-state index contributed by atoms with van der Waals surface area (Å²) >= 11 is 8.73. The molecule has 0 spiro atoms. The van der Waals surface area contributed by atoms with E-state index in [2.05, 4.69) is 31.5 Å². The topological polar surface area (TPSA) is 76.4 Å². The maximum Gasteiger partial charge on any atom is 0.261 e. The predicted octanol–water partition coefficient (Wildman–Crippen LogP) is 5.70. The molecule has 6 nitrogen and oxygen atoms in total. The van der Waals surface area contributed by atoms with E-state index in [0.717, 1.165) is 32.4 Å². The van der Waals surface area contributed by atoms with E-state index in [4.69, 9.17) is 21.4 Å². The first-order valence-corrected chi connectivity index (χ1v) is 10.6. The van der Waals surface area contributed by atoms with E-state index in [1.807, 2.05) is 49.4 Å². The van der Waals surface area contributed by atoms with E-state index in [1.54, 1.807) is 18.2 Å². The zero-order valence-electron chi connectivity index (χ0n) is 16.7. The zero-order chi connectivity index (χ0) is 22.0. The number of carbonyl (C=O) groups is 1. The summed E-state index contributed by atoms with van der Waals surface area (Å²) in [5, 5.41) is 5.95. The van der Waals surface area contributed by atoms with Crippen molar-refractivity contribution in [2.45, 2.75) is 6.92 Å². The number of halogens is 1. The quantitative estimate of drug-likeness (QED) is 0.353. The fraction of sp³-hybridized carbons (Fsp3) is 0.0870. The number of nitrogens with zero attached hydrogens (tertiary/aromatic N) is 1. The van der Waals surface area contributed by atoms with Crippen molar-refractivity contribution in [1.82, 2.24) is 10.3 Å². The lowest BCUT2D eigenvalue weighted by atomic mass is 10.1. The summed E-state index contributed by atoms with van der Waals surface area (Å²) < 4.78 is 11.9. The first kappa shape index (κ1) is 21.0. The Morgan fingerprint density at radius 2 is 1.94 bits per heavy atom. The summed E-state index contributed by atoms with van der Waals surface area (Å²) in [7, 11) is 1.51. The molecule has 0 radical (unpaired) electrons. The molecule has 0 fully saturated rings. The highest BCUT2D eigenvalue weighted by Crippen LogP contribution is 2.28. The van der Waals surface area contributed by atoms with Gasteiger partial charge < -0.3 is 14.5 Å². The van der Waals surface area contributed by atoms with E-state index in [-0.39, 0.29) is 11.0 Å². The normalized spacial score (nSPS) is 10.7. The van der Waals surface area contributed by atoms with Gasteiger partial charge in [0.25, 0.3) is 5.91 Å². The lowest BCUT2D eigenvalue weighted by molar-refractivity contribution is 0.0974. The Morgan fingerprint density at radius 3 is 2.71 bits per heavy atom. The molecule has 0 aliphatic rings. The van der Waals surface area contributed by atoms with Crippen LogP contribution >= 0.6 is 28.1 Å². The van der Waals surface area contributed by atoms with E-state index in [0.29, 0.717) is 17.2 Å². The van der Waals surface area contributed by atoms with Crippen LogP contribution in [0.4, 0.5) is 5.69 Å². The van der Waals surface area contributed by atoms with Gasteiger partial charge in [-0.15, -0.1) is 0 Å². The Labute approximate surface area is 192 Å². The number of thiocarbonyl (C=S) groups is 1. The largest absolute Gasteiger partial charge is 0.496 e. The minimum absolute atomic E-state index is 0.171. The number of para-hydroxylation sites is 2. The van der Waals surface area contributed by atoms with E-state index in [1.165, 1.54) is 7.11 Å². The molecular weight excluding hydrogens is 478 g/mol. The Balaban J connectivity index is 1.54. The lowest BCUT2D eigenvalue weighted by Crippen LogP contribution is -2.34. The van der Waals surface area contributed by atoms with Crippen LogP contribution in [-0.4, -0.2) is 23.1 Å². The standard InChI is InChI=1S/C23H18BrN3O3S/c1-13-7-8-14(22-25-17-5-3-4-6-20(17)30-22)11-18(13)26-23(31)27-21(28)16-12-15(24)9-10-19(16)29-2/h3-12H,1-2H3,(H2,26,27,28,31). The van der Waals surface area contributed by atoms with Gasteiger partial charge in [-0.25, -0.2) is 4.98 Å². The second kappa shape index (κ2) is 8.87. The second-order valence-electron chi connectivity index (χ2n) is 6.77. The SMILES string of the molecule is COc1ccc(Br)cc1C(=O)NC(=S)Nc1cc(-c2nc3ccccc3o2)ccc1C. The number of hydrogen-bond donors (Lipinski definition) is 2. The lowest BCUT2D eigenvalue weighted by Gasteiger charge is -2.14. The molecule has 1 aromatic heterocycles. The van der Waals surface area contributed by atoms with Crippen LogP contribution in [0.2, 0.25) is 0 Å². The summed E-state index contributed by atoms with van der Waals surface area (Å²) in [6, 6.07) is 18.5. The molecule has 2 N–H and O–H groups in total. The predicted molar refractivity (Wildman–Crippen MR) is 129 cm³/mol. The number of hydrogen-bond acceptors (Lipinski definition) is 5. The summed E-state index contributed by atoms with van der Waals surface area (Å²) in [6.07, 6.45) is 0. The highest BCUT2D eigenvalue weighted by molar-refractivity contribution is 9.10. The molecule has 0 atom stereocenters. The fourth-order valence-electron chi connectivity index (χ4n) is 3.07. The van der Waals surface area contributed by atoms with Gasteiger partial charge in [0, 0.05) is 15.7 Å². The van der Waals surface area contributed by atoms with Gasteiger partial charge in [-0.3, -0.25) is 10.1 Å². The monoisotopic (exact) mass is 495 g/mol. The molecule has 8 heteroatoms. The summed E-state index contributed by atoms with van der Waals surface area (Å²) in [6.45, 7) is 1.94. The average molecular weight is 496 g/mol. The first-order valence-electron chi connectivity index (χ1n) is 9.37. The molecule has 1 heterocycles. The van der Waals surface area contributed by atoms with Crippen molar-refractivity contribution in [3.8, 4) is 17.2 Å². The fourth-order valence-corrected chi connectivity index (χ4v) is 3.63. The third-order valence-electron chi connectivity index (χ3n) is 4.66. The van der Waals surface area contributed by atoms with Crippen molar-refractivity contribution in [2.24, 2.45) is 0 Å². The van der Waals surface area contributed by atoms with E-state index < -0.39 is 0 Å². The van der Waals surface area contributed by atoms with Gasteiger partial charge in [-0.1, -0.05) is 34.1 Å². The molecule has 156 valence electrons. The molecular formula is C23H18BrN3O3S. The molecule has 1 amide bonds. The van der Waals surface area contributed by atoms with Gasteiger partial charge in [0.05, 0.1) is 12.7 Å². The van der Waals surface area contributed by atoms with Crippen molar-refractivity contribution < 1.29 is 13.9 Å². The number of fused-ring (bicyclic) bond motifs is 1. The smallest absolute Gasteiger partial charge is 0.261 e. The second-order valence-corrected chi connectivity index (χ2v) is 8.09. The van der Waals surface area contributed by atoms with Crippen LogP contribution < -0.4 is 15.4 Å². The van der Waals surface area contributed by atoms with Crippen LogP contribution in [-0.2, 0) is 0 Å². The summed E-state index contributed by atoms with van der Waals surface area (Å²) in [4.78, 5) is 17.2. The Morgan fingerprint density at radius 1 is 1.13 bits per heavy atom. The van der Waals surface area contributed by atoms with Crippen molar-refractivity contribution in [3.63, 3.8) is 0 Å². The number of carbonyl (C=O) groups excluding carboxylic acids is 1. The minimum Gasteiger partial charge on any atom is -0.496 e. The number of aromatic nitrogens is 1. The van der Waals surface area contributed by atoms with Gasteiger partial charge in [-0.2, -0.15) is 0 Å². The first-order chi connectivity index (χ1) is 14.9. The number of anilines is 1. The van der Waals surface area contributed by atoms with Crippen molar-refractivity contribution in [2.75, 3.05) is 12.4 Å². The van der Waals surface area contributed by atoms with Crippen molar-refractivity contribution in [1.29, 1.82) is 0 Å². The summed E-state index contributed by atoms with van der Waals surface area (Å²) in [5.41, 5.74) is 4.38. The molecule has 3 aromatic carbocycles. The third kappa shape index (κ3) is 4.60. The van der Waals surface area contributed by atoms with Crippen LogP contribution in [0, 0.1) is 6.92 Å². The number of amides is 1. The average Bonchev–Trinajstić information content (AvgIpc) is 3.19. The van der Waals surface area contributed by atoms with Crippen LogP contribution in [0.3, 0.4) is 0 Å². The number of ether oxygens (including phenoxy) is 1. The zero-order valence-corrected chi connectivity index (χ0v) is 19.1. The minimum atomic E-state index is -0.372. The highest BCUT2D eigenvalue weighted by atomic mass is 79.9. The van der Waals surface area contributed by atoms with Gasteiger partial charge in [0.1, 0.15) is 11.3 Å². The van der Waals surface area contributed by atoms with E-state index >= 15 is 0 Å². The Bertz CT molecular complexity index is 1270. The van der Waals surface area contributed by atoms with Gasteiger partial charge in [-0.05, 0) is 67.2 Å². The number of rotatable bonds is 4. The number of methoxy groups -OCH3 is 1. The van der Waals surface area contributed by atoms with Crippen LogP contribution in [0.1, 0.15) is 15.9 Å². The maximum absolute atomic E-state index is 12.7. The number of nitrogens with one attached hydrogen (secondary N) is 2. The van der Waals surface area contributed by atoms with Crippen molar-refractivity contribution >= 4 is 56.0 Å². The number of oxazole rings is 1. The Hall–Kier alpha value is -3.23. The molecule has 0 aliphatic carbocycles. The molecule has 0 unspecified atom stereocenters. The van der Waals surface area contributed by atoms with Crippen LogP contribution in [0.25, 0.3) is 22.6 Å². The van der Waals surface area contributed by atoms with Crippen molar-refractivity contribution in [3.05, 3.63) is 76.3 Å². The molecule has 0 saturated heterocycles. The molecule has 4 rings (SSSR count). The van der Waals surface area contributed by atoms with Crippen LogP contribution in [0.15, 0.2) is 69.6 Å². The number of benzene rings is 3.